The van der Waals surface area contributed by atoms with Crippen LogP contribution >= 0.6 is 0 Å². The second kappa shape index (κ2) is 8.55. The van der Waals surface area contributed by atoms with Crippen molar-refractivity contribution in [3.8, 4) is 0 Å². The summed E-state index contributed by atoms with van der Waals surface area (Å²) in [5, 5.41) is 16.4. The minimum Gasteiger partial charge on any atom is -0.385 e. The van der Waals surface area contributed by atoms with E-state index in [1.54, 1.807) is 0 Å². The van der Waals surface area contributed by atoms with Crippen molar-refractivity contribution >= 4 is 5.91 Å². The highest BCUT2D eigenvalue weighted by molar-refractivity contribution is 5.92. The van der Waals surface area contributed by atoms with Gasteiger partial charge in [-0.25, -0.2) is 0 Å². The van der Waals surface area contributed by atoms with Gasteiger partial charge in [0.25, 0.3) is 5.91 Å². The normalized spacial score (nSPS) is 25.4. The first kappa shape index (κ1) is 21.0. The molecular weight excluding hydrogens is 398 g/mol. The van der Waals surface area contributed by atoms with Crippen LogP contribution in [0.15, 0.2) is 66.7 Å². The van der Waals surface area contributed by atoms with Crippen LogP contribution in [0.2, 0.25) is 0 Å². The Morgan fingerprint density at radius 2 is 1.75 bits per heavy atom. The summed E-state index contributed by atoms with van der Waals surface area (Å²) < 4.78 is 1.91. The fraction of sp³-hybridized carbons (Fsp3) is 0.407. The lowest BCUT2D eigenvalue weighted by molar-refractivity contribution is -0.110. The molecule has 2 aliphatic rings. The number of rotatable bonds is 4. The number of piperidine rings is 1. The quantitative estimate of drug-likeness (QED) is 0.663. The maximum absolute atomic E-state index is 13.6. The molecule has 5 heteroatoms. The third kappa shape index (κ3) is 3.75. The van der Waals surface area contributed by atoms with Crippen molar-refractivity contribution in [2.24, 2.45) is 5.92 Å². The molecule has 3 atom stereocenters. The Bertz CT molecular complexity index is 1080. The van der Waals surface area contributed by atoms with Gasteiger partial charge >= 0.3 is 0 Å². The molecule has 5 nitrogen and oxygen atoms in total. The smallest absolute Gasteiger partial charge is 0.274 e. The molecule has 0 bridgehead atoms. The van der Waals surface area contributed by atoms with Crippen LogP contribution in [-0.4, -0.2) is 38.3 Å². The highest BCUT2D eigenvalue weighted by atomic mass is 16.3. The van der Waals surface area contributed by atoms with E-state index < -0.39 is 5.60 Å². The zero-order chi connectivity index (χ0) is 22.1. The predicted octanol–water partition coefficient (Wildman–Crippen LogP) is 4.53. The van der Waals surface area contributed by atoms with E-state index in [1.165, 1.54) is 0 Å². The van der Waals surface area contributed by atoms with E-state index in [0.29, 0.717) is 25.2 Å². The zero-order valence-corrected chi connectivity index (χ0v) is 18.7. The fourth-order valence-corrected chi connectivity index (χ4v) is 5.70. The van der Waals surface area contributed by atoms with Crippen LogP contribution in [0.25, 0.3) is 0 Å². The molecule has 1 amide bonds. The Kier molecular flexibility index (Phi) is 5.60. The van der Waals surface area contributed by atoms with Crippen LogP contribution in [0.1, 0.15) is 59.4 Å². The van der Waals surface area contributed by atoms with Crippen molar-refractivity contribution in [2.75, 3.05) is 6.54 Å². The van der Waals surface area contributed by atoms with Gasteiger partial charge < -0.3 is 10.0 Å². The van der Waals surface area contributed by atoms with Crippen LogP contribution in [0.5, 0.6) is 0 Å². The molecule has 2 heterocycles. The van der Waals surface area contributed by atoms with Crippen LogP contribution in [-0.2, 0) is 12.1 Å². The third-order valence-electron chi connectivity index (χ3n) is 7.39. The van der Waals surface area contributed by atoms with Gasteiger partial charge in [-0.15, -0.1) is 0 Å². The Labute approximate surface area is 189 Å². The minimum absolute atomic E-state index is 0.00748. The monoisotopic (exact) mass is 429 g/mol. The Morgan fingerprint density at radius 3 is 2.50 bits per heavy atom. The molecule has 32 heavy (non-hydrogen) atoms. The summed E-state index contributed by atoms with van der Waals surface area (Å²) in [5.41, 5.74) is 2.76. The number of carbonyl (C=O) groups excluding carboxylic acids is 1. The van der Waals surface area contributed by atoms with E-state index in [-0.39, 0.29) is 17.9 Å². The largest absolute Gasteiger partial charge is 0.385 e. The van der Waals surface area contributed by atoms with Gasteiger partial charge in [0.1, 0.15) is 0 Å². The highest BCUT2D eigenvalue weighted by Gasteiger charge is 2.50. The number of carbonyl (C=O) groups is 1. The summed E-state index contributed by atoms with van der Waals surface area (Å²) in [7, 11) is 0. The summed E-state index contributed by atoms with van der Waals surface area (Å²) in [6.45, 7) is 3.20. The van der Waals surface area contributed by atoms with Gasteiger partial charge in [0.2, 0.25) is 0 Å². The summed E-state index contributed by atoms with van der Waals surface area (Å²) in [4.78, 5) is 15.6. The Hall–Kier alpha value is -2.92. The zero-order valence-electron chi connectivity index (χ0n) is 18.7. The highest BCUT2D eigenvalue weighted by Crippen LogP contribution is 2.47. The average Bonchev–Trinajstić information content (AvgIpc) is 3.20. The standard InChI is InChI=1S/C27H31N3O2/c1-20-18-24(28-30(20)19-21-10-4-2-5-11-21)26(31)29-17-16-27(32,22-12-6-3-7-13-22)23-14-8-9-15-25(23)29/h2-7,10-13,18,23,25,32H,8-9,14-17,19H2,1H3/t23-,25-,27?/m1/s1. The number of aryl methyl sites for hydroxylation is 1. The van der Waals surface area contributed by atoms with E-state index >= 15 is 0 Å². The number of aromatic nitrogens is 2. The molecule has 1 aliphatic carbocycles. The summed E-state index contributed by atoms with van der Waals surface area (Å²) in [6, 6.07) is 22.2. The van der Waals surface area contributed by atoms with Gasteiger partial charge in [0.05, 0.1) is 12.1 Å². The van der Waals surface area contributed by atoms with Crippen molar-refractivity contribution in [1.29, 1.82) is 0 Å². The van der Waals surface area contributed by atoms with Gasteiger partial charge in [-0.05, 0) is 43.4 Å². The minimum atomic E-state index is -0.869. The number of benzene rings is 2. The van der Waals surface area contributed by atoms with Crippen molar-refractivity contribution < 1.29 is 9.90 Å². The molecule has 1 N–H and O–H groups in total. The number of hydrogen-bond donors (Lipinski definition) is 1. The number of hydrogen-bond acceptors (Lipinski definition) is 3. The molecule has 1 unspecified atom stereocenters. The van der Waals surface area contributed by atoms with E-state index in [2.05, 4.69) is 17.2 Å². The number of nitrogens with zero attached hydrogens (tertiary/aromatic N) is 3. The SMILES string of the molecule is Cc1cc(C(=O)N2CCC(O)(c3ccccc3)[C@@H]3CCCC[C@H]32)nn1Cc1ccccc1. The lowest BCUT2D eigenvalue weighted by atomic mass is 9.66. The number of fused-ring (bicyclic) bond motifs is 1. The molecule has 3 aromatic rings. The van der Waals surface area contributed by atoms with Gasteiger partial charge in [-0.1, -0.05) is 73.5 Å². The lowest BCUT2D eigenvalue weighted by Gasteiger charge is -2.52. The van der Waals surface area contributed by atoms with Crippen molar-refractivity contribution in [3.63, 3.8) is 0 Å². The molecule has 0 radical (unpaired) electrons. The van der Waals surface area contributed by atoms with Crippen molar-refractivity contribution in [1.82, 2.24) is 14.7 Å². The first-order valence-electron chi connectivity index (χ1n) is 11.7. The first-order chi connectivity index (χ1) is 15.6. The van der Waals surface area contributed by atoms with E-state index in [9.17, 15) is 9.90 Å². The number of amides is 1. The van der Waals surface area contributed by atoms with Gasteiger partial charge in [-0.3, -0.25) is 9.48 Å². The number of likely N-dealkylation sites (tertiary alicyclic amines) is 1. The lowest BCUT2D eigenvalue weighted by Crippen LogP contribution is -2.59. The topological polar surface area (TPSA) is 58.4 Å². The second-order valence-electron chi connectivity index (χ2n) is 9.31. The molecule has 1 aliphatic heterocycles. The van der Waals surface area contributed by atoms with Crippen LogP contribution < -0.4 is 0 Å². The predicted molar refractivity (Wildman–Crippen MR) is 124 cm³/mol. The van der Waals surface area contributed by atoms with Gasteiger partial charge in [0.15, 0.2) is 5.69 Å². The van der Waals surface area contributed by atoms with Crippen LogP contribution in [0.4, 0.5) is 0 Å². The summed E-state index contributed by atoms with van der Waals surface area (Å²) in [5.74, 6) is 0.0516. The molecule has 2 aromatic carbocycles. The summed E-state index contributed by atoms with van der Waals surface area (Å²) in [6.07, 6.45) is 4.64. The maximum Gasteiger partial charge on any atom is 0.274 e. The van der Waals surface area contributed by atoms with Crippen molar-refractivity contribution in [3.05, 3.63) is 89.2 Å². The molecule has 5 rings (SSSR count). The van der Waals surface area contributed by atoms with Crippen LogP contribution in [0.3, 0.4) is 0 Å². The van der Waals surface area contributed by atoms with E-state index in [4.69, 9.17) is 0 Å². The van der Waals surface area contributed by atoms with Crippen molar-refractivity contribution in [2.45, 2.75) is 57.2 Å². The molecular formula is C27H31N3O2. The van der Waals surface area contributed by atoms with Crippen LogP contribution in [0, 0.1) is 12.8 Å². The molecule has 1 aromatic heterocycles. The Morgan fingerprint density at radius 1 is 1.06 bits per heavy atom. The van der Waals surface area contributed by atoms with E-state index in [0.717, 1.165) is 42.5 Å². The van der Waals surface area contributed by atoms with Gasteiger partial charge in [-0.2, -0.15) is 5.10 Å². The molecule has 1 saturated carbocycles. The number of aliphatic hydroxyl groups is 1. The molecule has 0 spiro atoms. The second-order valence-corrected chi connectivity index (χ2v) is 9.31. The molecule has 1 saturated heterocycles. The maximum atomic E-state index is 13.6. The average molecular weight is 430 g/mol. The van der Waals surface area contributed by atoms with E-state index in [1.807, 2.05) is 71.1 Å². The fourth-order valence-electron chi connectivity index (χ4n) is 5.70. The first-order valence-corrected chi connectivity index (χ1v) is 11.7. The third-order valence-corrected chi connectivity index (χ3v) is 7.39. The van der Waals surface area contributed by atoms with Gasteiger partial charge in [0, 0.05) is 24.2 Å². The molecule has 2 fully saturated rings. The summed E-state index contributed by atoms with van der Waals surface area (Å²) >= 11 is 0. The Balaban J connectivity index is 1.40. The molecule has 166 valence electrons.